The van der Waals surface area contributed by atoms with Crippen molar-refractivity contribution in [3.05, 3.63) is 47.7 Å². The van der Waals surface area contributed by atoms with Gasteiger partial charge in [0, 0.05) is 5.69 Å². The summed E-state index contributed by atoms with van der Waals surface area (Å²) in [5.74, 6) is 3.16. The first kappa shape index (κ1) is 14.6. The number of ether oxygens (including phenoxy) is 1. The van der Waals surface area contributed by atoms with Gasteiger partial charge in [-0.05, 0) is 43.7 Å². The molecule has 0 aliphatic heterocycles. The molecule has 0 radical (unpaired) electrons. The van der Waals surface area contributed by atoms with Gasteiger partial charge in [0.2, 0.25) is 0 Å². The minimum absolute atomic E-state index is 0.426. The van der Waals surface area contributed by atoms with Crippen LogP contribution in [-0.2, 0) is 13.2 Å². The minimum atomic E-state index is 0.426. The zero-order chi connectivity index (χ0) is 14.4. The SMILES string of the molecule is Cc1ccc(OCc2ccc(CNCC(C)C)o2)cn1. The fourth-order valence-electron chi connectivity index (χ4n) is 1.77. The Labute approximate surface area is 120 Å². The minimum Gasteiger partial charge on any atom is -0.484 e. The third-order valence-electron chi connectivity index (χ3n) is 2.83. The Morgan fingerprint density at radius 3 is 2.70 bits per heavy atom. The summed E-state index contributed by atoms with van der Waals surface area (Å²) in [6, 6.07) is 7.78. The van der Waals surface area contributed by atoms with Crippen LogP contribution in [0.4, 0.5) is 0 Å². The van der Waals surface area contributed by atoms with Crippen molar-refractivity contribution in [3.63, 3.8) is 0 Å². The monoisotopic (exact) mass is 274 g/mol. The maximum Gasteiger partial charge on any atom is 0.146 e. The summed E-state index contributed by atoms with van der Waals surface area (Å²) in [4.78, 5) is 4.19. The van der Waals surface area contributed by atoms with E-state index < -0.39 is 0 Å². The van der Waals surface area contributed by atoms with E-state index in [9.17, 15) is 0 Å². The molecule has 2 heterocycles. The number of hydrogen-bond acceptors (Lipinski definition) is 4. The van der Waals surface area contributed by atoms with E-state index in [-0.39, 0.29) is 0 Å². The van der Waals surface area contributed by atoms with Crippen molar-refractivity contribution in [1.82, 2.24) is 10.3 Å². The van der Waals surface area contributed by atoms with Crippen molar-refractivity contribution in [1.29, 1.82) is 0 Å². The molecule has 4 heteroatoms. The van der Waals surface area contributed by atoms with Crippen molar-refractivity contribution in [2.45, 2.75) is 33.9 Å². The molecular formula is C16H22N2O2. The second kappa shape index (κ2) is 7.10. The van der Waals surface area contributed by atoms with E-state index in [1.165, 1.54) is 0 Å². The predicted molar refractivity (Wildman–Crippen MR) is 78.6 cm³/mol. The second-order valence-electron chi connectivity index (χ2n) is 5.32. The maximum atomic E-state index is 5.70. The van der Waals surface area contributed by atoms with Gasteiger partial charge in [-0.15, -0.1) is 0 Å². The molecule has 0 spiro atoms. The fraction of sp³-hybridized carbons (Fsp3) is 0.438. The molecule has 0 atom stereocenters. The Bertz CT molecular complexity index is 518. The van der Waals surface area contributed by atoms with Gasteiger partial charge < -0.3 is 14.5 Å². The van der Waals surface area contributed by atoms with E-state index in [4.69, 9.17) is 9.15 Å². The highest BCUT2D eigenvalue weighted by molar-refractivity contribution is 5.19. The molecule has 0 aromatic carbocycles. The fourth-order valence-corrected chi connectivity index (χ4v) is 1.77. The average molecular weight is 274 g/mol. The molecule has 2 aromatic heterocycles. The lowest BCUT2D eigenvalue weighted by atomic mass is 10.2. The Kier molecular flexibility index (Phi) is 5.18. The van der Waals surface area contributed by atoms with Gasteiger partial charge in [-0.2, -0.15) is 0 Å². The number of nitrogens with zero attached hydrogens (tertiary/aromatic N) is 1. The van der Waals surface area contributed by atoms with Crippen molar-refractivity contribution in [2.24, 2.45) is 5.92 Å². The van der Waals surface area contributed by atoms with E-state index in [0.29, 0.717) is 12.5 Å². The first-order valence-corrected chi connectivity index (χ1v) is 6.97. The van der Waals surface area contributed by atoms with Crippen molar-refractivity contribution < 1.29 is 9.15 Å². The molecule has 2 rings (SSSR count). The van der Waals surface area contributed by atoms with Crippen LogP contribution in [0.15, 0.2) is 34.9 Å². The summed E-state index contributed by atoms with van der Waals surface area (Å²) in [7, 11) is 0. The predicted octanol–water partition coefficient (Wildman–Crippen LogP) is 3.31. The Morgan fingerprint density at radius 2 is 2.00 bits per heavy atom. The lowest BCUT2D eigenvalue weighted by Crippen LogP contribution is -2.18. The number of aromatic nitrogens is 1. The van der Waals surface area contributed by atoms with Gasteiger partial charge in [-0.1, -0.05) is 13.8 Å². The summed E-state index contributed by atoms with van der Waals surface area (Å²) < 4.78 is 11.3. The van der Waals surface area contributed by atoms with Crippen LogP contribution in [0.1, 0.15) is 31.1 Å². The summed E-state index contributed by atoms with van der Waals surface area (Å²) in [5, 5.41) is 3.35. The lowest BCUT2D eigenvalue weighted by molar-refractivity contribution is 0.264. The zero-order valence-corrected chi connectivity index (χ0v) is 12.3. The van der Waals surface area contributed by atoms with E-state index >= 15 is 0 Å². The lowest BCUT2D eigenvalue weighted by Gasteiger charge is -2.05. The first-order chi connectivity index (χ1) is 9.63. The summed E-state index contributed by atoms with van der Waals surface area (Å²) in [6.45, 7) is 8.49. The van der Waals surface area contributed by atoms with Gasteiger partial charge in [0.05, 0.1) is 12.7 Å². The second-order valence-corrected chi connectivity index (χ2v) is 5.32. The molecule has 0 aliphatic carbocycles. The maximum absolute atomic E-state index is 5.70. The Morgan fingerprint density at radius 1 is 1.20 bits per heavy atom. The number of furan rings is 1. The molecule has 0 aliphatic rings. The van der Waals surface area contributed by atoms with Gasteiger partial charge in [0.1, 0.15) is 23.9 Å². The van der Waals surface area contributed by atoms with E-state index in [0.717, 1.165) is 36.1 Å². The smallest absolute Gasteiger partial charge is 0.146 e. The van der Waals surface area contributed by atoms with Crippen LogP contribution >= 0.6 is 0 Å². The largest absolute Gasteiger partial charge is 0.484 e. The highest BCUT2D eigenvalue weighted by atomic mass is 16.5. The van der Waals surface area contributed by atoms with Gasteiger partial charge in [0.25, 0.3) is 0 Å². The molecule has 20 heavy (non-hydrogen) atoms. The van der Waals surface area contributed by atoms with Gasteiger partial charge in [0.15, 0.2) is 0 Å². The molecule has 108 valence electrons. The number of hydrogen-bond donors (Lipinski definition) is 1. The van der Waals surface area contributed by atoms with Crippen molar-refractivity contribution in [2.75, 3.05) is 6.54 Å². The highest BCUT2D eigenvalue weighted by Crippen LogP contribution is 2.13. The Balaban J connectivity index is 1.79. The van der Waals surface area contributed by atoms with Crippen LogP contribution < -0.4 is 10.1 Å². The average Bonchev–Trinajstić information content (AvgIpc) is 2.86. The van der Waals surface area contributed by atoms with Gasteiger partial charge in [-0.3, -0.25) is 4.98 Å². The molecule has 0 saturated carbocycles. The molecule has 0 fully saturated rings. The van der Waals surface area contributed by atoms with Gasteiger partial charge >= 0.3 is 0 Å². The van der Waals surface area contributed by atoms with Crippen LogP contribution in [0.5, 0.6) is 5.75 Å². The molecule has 0 amide bonds. The third-order valence-corrected chi connectivity index (χ3v) is 2.83. The first-order valence-electron chi connectivity index (χ1n) is 6.97. The van der Waals surface area contributed by atoms with Gasteiger partial charge in [-0.25, -0.2) is 0 Å². The van der Waals surface area contributed by atoms with Crippen LogP contribution in [0.2, 0.25) is 0 Å². The Hall–Kier alpha value is -1.81. The molecule has 4 nitrogen and oxygen atoms in total. The summed E-state index contributed by atoms with van der Waals surface area (Å²) in [6.07, 6.45) is 1.73. The van der Waals surface area contributed by atoms with Crippen LogP contribution in [0, 0.1) is 12.8 Å². The van der Waals surface area contributed by atoms with E-state index in [1.807, 2.05) is 31.2 Å². The quantitative estimate of drug-likeness (QED) is 0.841. The number of aryl methyl sites for hydroxylation is 1. The molecular weight excluding hydrogens is 252 g/mol. The zero-order valence-electron chi connectivity index (χ0n) is 12.3. The number of nitrogens with one attached hydrogen (secondary N) is 1. The summed E-state index contributed by atoms with van der Waals surface area (Å²) >= 11 is 0. The standard InChI is InChI=1S/C16H22N2O2/c1-12(2)8-17-9-15-6-7-16(20-15)11-19-14-5-4-13(3)18-10-14/h4-7,10,12,17H,8-9,11H2,1-3H3. The molecule has 1 N–H and O–H groups in total. The third kappa shape index (κ3) is 4.70. The highest BCUT2D eigenvalue weighted by Gasteiger charge is 2.03. The normalized spacial score (nSPS) is 11.0. The van der Waals surface area contributed by atoms with Crippen LogP contribution in [0.3, 0.4) is 0 Å². The van der Waals surface area contributed by atoms with Crippen LogP contribution in [0.25, 0.3) is 0 Å². The molecule has 0 bridgehead atoms. The van der Waals surface area contributed by atoms with Crippen LogP contribution in [-0.4, -0.2) is 11.5 Å². The van der Waals surface area contributed by atoms with Crippen molar-refractivity contribution >= 4 is 0 Å². The number of pyridine rings is 1. The van der Waals surface area contributed by atoms with E-state index in [1.54, 1.807) is 6.20 Å². The molecule has 2 aromatic rings. The molecule has 0 unspecified atom stereocenters. The van der Waals surface area contributed by atoms with Crippen molar-refractivity contribution in [3.8, 4) is 5.75 Å². The number of rotatable bonds is 7. The van der Waals surface area contributed by atoms with E-state index in [2.05, 4.69) is 24.1 Å². The summed E-state index contributed by atoms with van der Waals surface area (Å²) in [5.41, 5.74) is 0.980. The molecule has 0 saturated heterocycles. The topological polar surface area (TPSA) is 47.3 Å².